The summed E-state index contributed by atoms with van der Waals surface area (Å²) in [5.41, 5.74) is 1.86. The van der Waals surface area contributed by atoms with E-state index in [1.807, 2.05) is 0 Å². The van der Waals surface area contributed by atoms with Crippen LogP contribution in [0.3, 0.4) is 0 Å². The highest BCUT2D eigenvalue weighted by Crippen LogP contribution is 2.38. The summed E-state index contributed by atoms with van der Waals surface area (Å²) in [6.45, 7) is 3.36. The number of amides is 2. The number of anilines is 1. The van der Waals surface area contributed by atoms with Crippen molar-refractivity contribution in [3.8, 4) is 0 Å². The Labute approximate surface area is 181 Å². The Bertz CT molecular complexity index is 1140. The standard InChI is InChI=1S/C23H25FN2O4S/c1-14-7-8-16(13-26-22(27)18-5-3-4-6-19(18)23(26)28)12-21(14)31(29,30)25-20-10-9-17(24)11-15(20)2/h7-12,18-19,25H,3-6,13H2,1-2H3/t18-,19-/m0/s1. The van der Waals surface area contributed by atoms with Crippen LogP contribution in [0.2, 0.25) is 0 Å². The van der Waals surface area contributed by atoms with E-state index in [0.29, 0.717) is 22.4 Å². The van der Waals surface area contributed by atoms with Gasteiger partial charge in [-0.3, -0.25) is 19.2 Å². The topological polar surface area (TPSA) is 83.6 Å². The highest BCUT2D eigenvalue weighted by atomic mass is 32.2. The molecule has 2 atom stereocenters. The lowest BCUT2D eigenvalue weighted by Crippen LogP contribution is -2.30. The minimum Gasteiger partial charge on any atom is -0.279 e. The first kappa shape index (κ1) is 21.5. The first-order valence-corrected chi connectivity index (χ1v) is 11.9. The number of hydrogen-bond acceptors (Lipinski definition) is 4. The molecule has 0 bridgehead atoms. The number of sulfonamides is 1. The number of fused-ring (bicyclic) bond motifs is 1. The van der Waals surface area contributed by atoms with E-state index in [1.165, 1.54) is 29.2 Å². The molecule has 6 nitrogen and oxygen atoms in total. The smallest absolute Gasteiger partial charge is 0.262 e. The highest BCUT2D eigenvalue weighted by Gasteiger charge is 2.47. The zero-order valence-electron chi connectivity index (χ0n) is 17.5. The molecule has 4 rings (SSSR count). The van der Waals surface area contributed by atoms with Crippen LogP contribution in [0, 0.1) is 31.5 Å². The highest BCUT2D eigenvalue weighted by molar-refractivity contribution is 7.92. The monoisotopic (exact) mass is 444 g/mol. The van der Waals surface area contributed by atoms with Crippen molar-refractivity contribution in [1.82, 2.24) is 4.90 Å². The van der Waals surface area contributed by atoms with Gasteiger partial charge in [0, 0.05) is 0 Å². The molecule has 1 saturated heterocycles. The predicted octanol–water partition coefficient (Wildman–Crippen LogP) is 3.92. The van der Waals surface area contributed by atoms with Crippen LogP contribution in [0.25, 0.3) is 0 Å². The van der Waals surface area contributed by atoms with Gasteiger partial charge in [0.1, 0.15) is 5.82 Å². The molecule has 164 valence electrons. The van der Waals surface area contributed by atoms with Crippen molar-refractivity contribution < 1.29 is 22.4 Å². The molecule has 1 aliphatic carbocycles. The van der Waals surface area contributed by atoms with Crippen LogP contribution in [-0.4, -0.2) is 25.1 Å². The van der Waals surface area contributed by atoms with Gasteiger partial charge in [-0.05, 0) is 67.6 Å². The maximum Gasteiger partial charge on any atom is 0.262 e. The first-order valence-electron chi connectivity index (χ1n) is 10.4. The van der Waals surface area contributed by atoms with Gasteiger partial charge in [-0.25, -0.2) is 12.8 Å². The van der Waals surface area contributed by atoms with E-state index in [-0.39, 0.29) is 35.1 Å². The SMILES string of the molecule is Cc1cc(F)ccc1NS(=O)(=O)c1cc(CN2C(=O)[C@H]3CCCC[C@@H]3C2=O)ccc1C. The first-order chi connectivity index (χ1) is 14.7. The molecular formula is C23H25FN2O4S. The van der Waals surface area contributed by atoms with Crippen molar-refractivity contribution in [2.24, 2.45) is 11.8 Å². The summed E-state index contributed by atoms with van der Waals surface area (Å²) in [5.74, 6) is -1.23. The largest absolute Gasteiger partial charge is 0.279 e. The van der Waals surface area contributed by atoms with Crippen LogP contribution in [-0.2, 0) is 26.2 Å². The Kier molecular flexibility index (Phi) is 5.60. The molecule has 1 saturated carbocycles. The van der Waals surface area contributed by atoms with E-state index in [2.05, 4.69) is 4.72 Å². The molecule has 2 amide bonds. The maximum absolute atomic E-state index is 13.4. The summed E-state index contributed by atoms with van der Waals surface area (Å²) < 4.78 is 41.9. The van der Waals surface area contributed by atoms with Gasteiger partial charge in [0.2, 0.25) is 11.8 Å². The fraction of sp³-hybridized carbons (Fsp3) is 0.391. The van der Waals surface area contributed by atoms with E-state index >= 15 is 0 Å². The van der Waals surface area contributed by atoms with Crippen molar-refractivity contribution in [1.29, 1.82) is 0 Å². The van der Waals surface area contributed by atoms with Crippen molar-refractivity contribution in [3.05, 3.63) is 58.9 Å². The van der Waals surface area contributed by atoms with Crippen LogP contribution in [0.4, 0.5) is 10.1 Å². The van der Waals surface area contributed by atoms with Crippen molar-refractivity contribution in [2.75, 3.05) is 4.72 Å². The third kappa shape index (κ3) is 4.08. The predicted molar refractivity (Wildman–Crippen MR) is 114 cm³/mol. The van der Waals surface area contributed by atoms with Gasteiger partial charge in [0.25, 0.3) is 10.0 Å². The van der Waals surface area contributed by atoms with Crippen LogP contribution in [0.5, 0.6) is 0 Å². The molecule has 2 fully saturated rings. The van der Waals surface area contributed by atoms with Gasteiger partial charge >= 0.3 is 0 Å². The van der Waals surface area contributed by atoms with Gasteiger partial charge in [-0.2, -0.15) is 0 Å². The summed E-state index contributed by atoms with van der Waals surface area (Å²) >= 11 is 0. The number of hydrogen-bond donors (Lipinski definition) is 1. The van der Waals surface area contributed by atoms with E-state index < -0.39 is 15.8 Å². The number of rotatable bonds is 5. The molecule has 1 heterocycles. The molecule has 2 aromatic rings. The van der Waals surface area contributed by atoms with Gasteiger partial charge < -0.3 is 0 Å². The lowest BCUT2D eigenvalue weighted by Gasteiger charge is -2.19. The van der Waals surface area contributed by atoms with Crippen LogP contribution >= 0.6 is 0 Å². The van der Waals surface area contributed by atoms with Gasteiger partial charge in [0.15, 0.2) is 0 Å². The Morgan fingerprint density at radius 3 is 2.23 bits per heavy atom. The van der Waals surface area contributed by atoms with Crippen LogP contribution in [0.15, 0.2) is 41.3 Å². The van der Waals surface area contributed by atoms with Crippen LogP contribution < -0.4 is 4.72 Å². The Balaban J connectivity index is 1.60. The number of likely N-dealkylation sites (tertiary alicyclic amines) is 1. The number of halogens is 1. The second-order valence-electron chi connectivity index (χ2n) is 8.42. The number of nitrogens with zero attached hydrogens (tertiary/aromatic N) is 1. The van der Waals surface area contributed by atoms with Gasteiger partial charge in [0.05, 0.1) is 29.0 Å². The molecule has 31 heavy (non-hydrogen) atoms. The molecule has 0 radical (unpaired) electrons. The molecule has 2 aliphatic rings. The number of aryl methyl sites for hydroxylation is 2. The number of imide groups is 1. The average molecular weight is 445 g/mol. The second kappa shape index (κ2) is 8.07. The minimum atomic E-state index is -3.94. The average Bonchev–Trinajstić information content (AvgIpc) is 2.96. The summed E-state index contributed by atoms with van der Waals surface area (Å²) in [6, 6.07) is 8.73. The number of carbonyl (C=O) groups is 2. The zero-order chi connectivity index (χ0) is 22.3. The second-order valence-corrected chi connectivity index (χ2v) is 10.1. The summed E-state index contributed by atoms with van der Waals surface area (Å²) in [6.07, 6.45) is 3.38. The van der Waals surface area contributed by atoms with E-state index in [0.717, 1.165) is 25.7 Å². The zero-order valence-corrected chi connectivity index (χ0v) is 18.3. The van der Waals surface area contributed by atoms with Crippen molar-refractivity contribution in [3.63, 3.8) is 0 Å². The van der Waals surface area contributed by atoms with E-state index in [4.69, 9.17) is 0 Å². The lowest BCUT2D eigenvalue weighted by atomic mass is 9.81. The molecule has 0 aromatic heterocycles. The molecule has 2 aromatic carbocycles. The third-order valence-corrected chi connectivity index (χ3v) is 7.76. The summed E-state index contributed by atoms with van der Waals surface area (Å²) in [5, 5.41) is 0. The Morgan fingerprint density at radius 1 is 0.968 bits per heavy atom. The maximum atomic E-state index is 13.4. The number of nitrogens with one attached hydrogen (secondary N) is 1. The normalized spacial score (nSPS) is 21.3. The van der Waals surface area contributed by atoms with Crippen LogP contribution in [0.1, 0.15) is 42.4 Å². The molecule has 1 N–H and O–H groups in total. The molecule has 0 unspecified atom stereocenters. The molecule has 1 aliphatic heterocycles. The number of carbonyl (C=O) groups excluding carboxylic acids is 2. The fourth-order valence-electron chi connectivity index (χ4n) is 4.54. The Hall–Kier alpha value is -2.74. The fourth-order valence-corrected chi connectivity index (χ4v) is 5.97. The third-order valence-electron chi connectivity index (χ3n) is 6.25. The summed E-state index contributed by atoms with van der Waals surface area (Å²) in [4.78, 5) is 26.8. The Morgan fingerprint density at radius 2 is 1.61 bits per heavy atom. The van der Waals surface area contributed by atoms with Crippen molar-refractivity contribution in [2.45, 2.75) is 51.0 Å². The lowest BCUT2D eigenvalue weighted by molar-refractivity contribution is -0.140. The van der Waals surface area contributed by atoms with Crippen molar-refractivity contribution >= 4 is 27.5 Å². The molecule has 0 spiro atoms. The van der Waals surface area contributed by atoms with E-state index in [1.54, 1.807) is 26.0 Å². The quantitative estimate of drug-likeness (QED) is 0.709. The van der Waals surface area contributed by atoms with E-state index in [9.17, 15) is 22.4 Å². The molecule has 8 heteroatoms. The summed E-state index contributed by atoms with van der Waals surface area (Å²) in [7, 11) is -3.94. The number of benzene rings is 2. The van der Waals surface area contributed by atoms with Gasteiger partial charge in [-0.15, -0.1) is 0 Å². The molecular weight excluding hydrogens is 419 g/mol. The van der Waals surface area contributed by atoms with Gasteiger partial charge in [-0.1, -0.05) is 25.0 Å². The minimum absolute atomic E-state index is 0.0586.